The SMILES string of the molecule is CNc1cc(F)ccc1-c1cnc2n[nH]c(-c3cc(OC)c(OC)c(OC)c3)c2c1. The summed E-state index contributed by atoms with van der Waals surface area (Å²) < 4.78 is 30.0. The van der Waals surface area contributed by atoms with E-state index in [0.29, 0.717) is 28.6 Å². The van der Waals surface area contributed by atoms with Crippen molar-refractivity contribution in [1.82, 2.24) is 15.2 Å². The van der Waals surface area contributed by atoms with Gasteiger partial charge in [-0.05, 0) is 36.4 Å². The summed E-state index contributed by atoms with van der Waals surface area (Å²) in [6, 6.07) is 10.3. The largest absolute Gasteiger partial charge is 0.493 e. The molecule has 2 aromatic heterocycles. The van der Waals surface area contributed by atoms with Gasteiger partial charge in [-0.15, -0.1) is 0 Å². The molecule has 0 saturated carbocycles. The molecule has 0 fully saturated rings. The van der Waals surface area contributed by atoms with Gasteiger partial charge in [0.1, 0.15) is 5.82 Å². The highest BCUT2D eigenvalue weighted by Crippen LogP contribution is 2.42. The molecular weight excluding hydrogens is 387 g/mol. The van der Waals surface area contributed by atoms with E-state index in [1.807, 2.05) is 18.2 Å². The quantitative estimate of drug-likeness (QED) is 0.489. The monoisotopic (exact) mass is 408 g/mol. The number of rotatable bonds is 6. The number of hydrogen-bond acceptors (Lipinski definition) is 6. The summed E-state index contributed by atoms with van der Waals surface area (Å²) in [5.41, 5.74) is 4.47. The molecule has 8 heteroatoms. The summed E-state index contributed by atoms with van der Waals surface area (Å²) in [6.45, 7) is 0. The average molecular weight is 408 g/mol. The maximum absolute atomic E-state index is 13.6. The molecule has 0 aliphatic carbocycles. The van der Waals surface area contributed by atoms with E-state index >= 15 is 0 Å². The fraction of sp³-hybridized carbons (Fsp3) is 0.182. The van der Waals surface area contributed by atoms with Crippen molar-refractivity contribution >= 4 is 16.7 Å². The summed E-state index contributed by atoms with van der Waals surface area (Å²) in [4.78, 5) is 4.47. The third-order valence-corrected chi connectivity index (χ3v) is 4.92. The van der Waals surface area contributed by atoms with Crippen LogP contribution in [0.25, 0.3) is 33.4 Å². The number of halogens is 1. The number of methoxy groups -OCH3 is 3. The Morgan fingerprint density at radius 3 is 2.30 bits per heavy atom. The number of aromatic nitrogens is 3. The van der Waals surface area contributed by atoms with Gasteiger partial charge in [0, 0.05) is 41.0 Å². The molecule has 0 spiro atoms. The highest BCUT2D eigenvalue weighted by molar-refractivity contribution is 5.95. The van der Waals surface area contributed by atoms with Gasteiger partial charge in [0.25, 0.3) is 0 Å². The van der Waals surface area contributed by atoms with E-state index in [0.717, 1.165) is 27.8 Å². The molecular formula is C22H21FN4O3. The Hall–Kier alpha value is -3.81. The molecule has 0 amide bonds. The molecule has 0 unspecified atom stereocenters. The van der Waals surface area contributed by atoms with Gasteiger partial charge in [0.2, 0.25) is 5.75 Å². The number of fused-ring (bicyclic) bond motifs is 1. The number of nitrogens with zero attached hydrogens (tertiary/aromatic N) is 2. The van der Waals surface area contributed by atoms with Crippen molar-refractivity contribution in [3.8, 4) is 39.6 Å². The third kappa shape index (κ3) is 3.26. The van der Waals surface area contributed by atoms with Crippen LogP contribution >= 0.6 is 0 Å². The Morgan fingerprint density at radius 2 is 1.67 bits per heavy atom. The molecule has 2 heterocycles. The van der Waals surface area contributed by atoms with Crippen LogP contribution in [0, 0.1) is 5.82 Å². The lowest BCUT2D eigenvalue weighted by atomic mass is 10.0. The molecule has 30 heavy (non-hydrogen) atoms. The van der Waals surface area contributed by atoms with Crippen LogP contribution < -0.4 is 19.5 Å². The second-order valence-electron chi connectivity index (χ2n) is 6.55. The highest BCUT2D eigenvalue weighted by atomic mass is 19.1. The summed E-state index contributed by atoms with van der Waals surface area (Å²) in [5.74, 6) is 1.28. The molecule has 4 aromatic rings. The van der Waals surface area contributed by atoms with Crippen molar-refractivity contribution in [3.63, 3.8) is 0 Å². The van der Waals surface area contributed by atoms with Crippen molar-refractivity contribution in [2.24, 2.45) is 0 Å². The average Bonchev–Trinajstić information content (AvgIpc) is 3.21. The van der Waals surface area contributed by atoms with Crippen molar-refractivity contribution in [2.45, 2.75) is 0 Å². The van der Waals surface area contributed by atoms with Gasteiger partial charge in [-0.2, -0.15) is 5.10 Å². The molecule has 0 atom stereocenters. The lowest BCUT2D eigenvalue weighted by Crippen LogP contribution is -1.96. The van der Waals surface area contributed by atoms with E-state index in [9.17, 15) is 4.39 Å². The smallest absolute Gasteiger partial charge is 0.203 e. The lowest BCUT2D eigenvalue weighted by molar-refractivity contribution is 0.324. The summed E-state index contributed by atoms with van der Waals surface area (Å²) in [5, 5.41) is 11.2. The van der Waals surface area contributed by atoms with Crippen LogP contribution in [0.5, 0.6) is 17.2 Å². The van der Waals surface area contributed by atoms with Gasteiger partial charge in [-0.3, -0.25) is 5.10 Å². The molecule has 7 nitrogen and oxygen atoms in total. The minimum absolute atomic E-state index is 0.307. The number of anilines is 1. The Balaban J connectivity index is 1.89. The van der Waals surface area contributed by atoms with Crippen molar-refractivity contribution in [2.75, 3.05) is 33.7 Å². The molecule has 154 valence electrons. The summed E-state index contributed by atoms with van der Waals surface area (Å²) in [7, 11) is 6.45. The second-order valence-corrected chi connectivity index (χ2v) is 6.55. The van der Waals surface area contributed by atoms with Gasteiger partial charge in [0.05, 0.1) is 27.0 Å². The van der Waals surface area contributed by atoms with Gasteiger partial charge < -0.3 is 19.5 Å². The van der Waals surface area contributed by atoms with E-state index in [2.05, 4.69) is 20.5 Å². The zero-order valence-electron chi connectivity index (χ0n) is 17.0. The molecule has 2 aromatic carbocycles. The maximum atomic E-state index is 13.6. The first kappa shape index (κ1) is 19.5. The molecule has 2 N–H and O–H groups in total. The fourth-order valence-corrected chi connectivity index (χ4v) is 3.47. The van der Waals surface area contributed by atoms with Gasteiger partial charge in [-0.1, -0.05) is 0 Å². The zero-order valence-corrected chi connectivity index (χ0v) is 17.0. The summed E-state index contributed by atoms with van der Waals surface area (Å²) in [6.07, 6.45) is 1.72. The standard InChI is InChI=1S/C22H21FN4O3/c1-24-17-10-14(23)5-6-15(17)13-7-16-20(26-27-22(16)25-11-13)12-8-18(28-2)21(30-4)19(9-12)29-3/h5-11,24H,1-4H3,(H,25,26,27). The first-order chi connectivity index (χ1) is 14.6. The van der Waals surface area contributed by atoms with E-state index < -0.39 is 0 Å². The van der Waals surface area contributed by atoms with Crippen LogP contribution in [-0.2, 0) is 0 Å². The zero-order chi connectivity index (χ0) is 21.3. The first-order valence-electron chi connectivity index (χ1n) is 9.21. The maximum Gasteiger partial charge on any atom is 0.203 e. The normalized spacial score (nSPS) is 10.8. The Morgan fingerprint density at radius 1 is 0.933 bits per heavy atom. The van der Waals surface area contributed by atoms with Gasteiger partial charge >= 0.3 is 0 Å². The minimum Gasteiger partial charge on any atom is -0.493 e. The summed E-state index contributed by atoms with van der Waals surface area (Å²) >= 11 is 0. The first-order valence-corrected chi connectivity index (χ1v) is 9.21. The molecule has 0 radical (unpaired) electrons. The topological polar surface area (TPSA) is 81.3 Å². The lowest BCUT2D eigenvalue weighted by Gasteiger charge is -2.14. The molecule has 0 bridgehead atoms. The van der Waals surface area contributed by atoms with Gasteiger partial charge in [-0.25, -0.2) is 9.37 Å². The van der Waals surface area contributed by atoms with Crippen LogP contribution in [0.1, 0.15) is 0 Å². The van der Waals surface area contributed by atoms with Crippen LogP contribution in [0.2, 0.25) is 0 Å². The molecule has 0 saturated heterocycles. The Bertz CT molecular complexity index is 1200. The number of pyridine rings is 1. The predicted octanol–water partition coefficient (Wildman–Crippen LogP) is 4.50. The van der Waals surface area contributed by atoms with Crippen LogP contribution in [-0.4, -0.2) is 43.6 Å². The number of nitrogens with one attached hydrogen (secondary N) is 2. The van der Waals surface area contributed by atoms with Crippen LogP contribution in [0.3, 0.4) is 0 Å². The predicted molar refractivity (Wildman–Crippen MR) is 114 cm³/mol. The van der Waals surface area contributed by atoms with E-state index in [1.165, 1.54) is 12.1 Å². The number of hydrogen-bond donors (Lipinski definition) is 2. The van der Waals surface area contributed by atoms with E-state index in [-0.39, 0.29) is 5.82 Å². The van der Waals surface area contributed by atoms with Crippen LogP contribution in [0.4, 0.5) is 10.1 Å². The fourth-order valence-electron chi connectivity index (χ4n) is 3.47. The van der Waals surface area contributed by atoms with Crippen molar-refractivity contribution < 1.29 is 18.6 Å². The minimum atomic E-state index is -0.307. The second kappa shape index (κ2) is 7.90. The number of H-pyrrole nitrogens is 1. The van der Waals surface area contributed by atoms with E-state index in [4.69, 9.17) is 14.2 Å². The molecule has 0 aliphatic rings. The number of benzene rings is 2. The van der Waals surface area contributed by atoms with Gasteiger partial charge in [0.15, 0.2) is 17.1 Å². The highest BCUT2D eigenvalue weighted by Gasteiger charge is 2.18. The van der Waals surface area contributed by atoms with E-state index in [1.54, 1.807) is 40.6 Å². The van der Waals surface area contributed by atoms with Crippen LogP contribution in [0.15, 0.2) is 42.6 Å². The molecule has 4 rings (SSSR count). The number of aromatic amines is 1. The van der Waals surface area contributed by atoms with Crippen molar-refractivity contribution in [3.05, 3.63) is 48.4 Å². The van der Waals surface area contributed by atoms with Crippen molar-refractivity contribution in [1.29, 1.82) is 0 Å². The molecule has 0 aliphatic heterocycles. The Labute approximate surface area is 172 Å². The number of ether oxygens (including phenoxy) is 3. The third-order valence-electron chi connectivity index (χ3n) is 4.92. The Kier molecular flexibility index (Phi) is 5.14.